The fourth-order valence-electron chi connectivity index (χ4n) is 3.17. The first kappa shape index (κ1) is 19.9. The molecular weight excluding hydrogens is 332 g/mol. The van der Waals surface area contributed by atoms with Crippen molar-refractivity contribution in [2.45, 2.75) is 40.0 Å². The molecule has 1 saturated heterocycles. The maximum Gasteiger partial charge on any atom is 0.309 e. The summed E-state index contributed by atoms with van der Waals surface area (Å²) < 4.78 is 0. The van der Waals surface area contributed by atoms with Crippen molar-refractivity contribution in [2.24, 2.45) is 10.8 Å². The van der Waals surface area contributed by atoms with Crippen LogP contribution in [0.3, 0.4) is 0 Å². The molecule has 1 atom stereocenters. The van der Waals surface area contributed by atoms with Gasteiger partial charge >= 0.3 is 5.97 Å². The van der Waals surface area contributed by atoms with E-state index in [-0.39, 0.29) is 11.8 Å². The van der Waals surface area contributed by atoms with Gasteiger partial charge in [-0.3, -0.25) is 14.4 Å². The van der Waals surface area contributed by atoms with Gasteiger partial charge in [0.25, 0.3) is 5.91 Å². The van der Waals surface area contributed by atoms with Crippen LogP contribution in [0.25, 0.3) is 0 Å². The van der Waals surface area contributed by atoms with Gasteiger partial charge in [-0.1, -0.05) is 18.2 Å². The van der Waals surface area contributed by atoms with E-state index in [0.717, 1.165) is 6.42 Å². The molecular formula is C20H28N2O4. The van der Waals surface area contributed by atoms with Crippen LogP contribution in [0.2, 0.25) is 0 Å². The number of carboxylic acids is 1. The number of carboxylic acid groups (broad SMARTS) is 1. The van der Waals surface area contributed by atoms with Crippen molar-refractivity contribution < 1.29 is 19.5 Å². The second kappa shape index (κ2) is 7.89. The Labute approximate surface area is 154 Å². The van der Waals surface area contributed by atoms with Crippen LogP contribution in [0.5, 0.6) is 0 Å². The number of nitrogens with zero attached hydrogens (tertiary/aromatic N) is 1. The fraction of sp³-hybridized carbons (Fsp3) is 0.550. The van der Waals surface area contributed by atoms with Crippen molar-refractivity contribution in [1.82, 2.24) is 10.2 Å². The van der Waals surface area contributed by atoms with Gasteiger partial charge < -0.3 is 15.3 Å². The highest BCUT2D eigenvalue weighted by Gasteiger charge is 2.39. The molecule has 0 bridgehead atoms. The summed E-state index contributed by atoms with van der Waals surface area (Å²) in [6, 6.07) is 9.08. The zero-order chi connectivity index (χ0) is 19.4. The molecule has 1 aromatic rings. The quantitative estimate of drug-likeness (QED) is 0.816. The average molecular weight is 360 g/mol. The second-order valence-electron chi connectivity index (χ2n) is 7.95. The Morgan fingerprint density at radius 2 is 1.88 bits per heavy atom. The first-order valence-corrected chi connectivity index (χ1v) is 9.02. The van der Waals surface area contributed by atoms with Crippen LogP contribution >= 0.6 is 0 Å². The van der Waals surface area contributed by atoms with Crippen LogP contribution in [0.4, 0.5) is 0 Å². The lowest BCUT2D eigenvalue weighted by atomic mass is 9.80. The topological polar surface area (TPSA) is 86.7 Å². The van der Waals surface area contributed by atoms with Crippen LogP contribution in [0.15, 0.2) is 30.3 Å². The number of piperidine rings is 1. The number of aliphatic carboxylic acids is 1. The monoisotopic (exact) mass is 360 g/mol. The van der Waals surface area contributed by atoms with Crippen molar-refractivity contribution in [1.29, 1.82) is 0 Å². The van der Waals surface area contributed by atoms with E-state index in [9.17, 15) is 14.4 Å². The molecule has 0 saturated carbocycles. The van der Waals surface area contributed by atoms with Gasteiger partial charge in [-0.25, -0.2) is 0 Å². The highest BCUT2D eigenvalue weighted by Crippen LogP contribution is 2.31. The molecule has 26 heavy (non-hydrogen) atoms. The minimum absolute atomic E-state index is 0.0589. The summed E-state index contributed by atoms with van der Waals surface area (Å²) in [5, 5.41) is 12.0. The van der Waals surface area contributed by atoms with Crippen molar-refractivity contribution in [3.63, 3.8) is 0 Å². The number of hydrogen-bond donors (Lipinski definition) is 2. The van der Waals surface area contributed by atoms with Crippen LogP contribution < -0.4 is 5.32 Å². The van der Waals surface area contributed by atoms with E-state index in [1.54, 1.807) is 30.9 Å². The van der Waals surface area contributed by atoms with Crippen LogP contribution in [-0.4, -0.2) is 47.4 Å². The van der Waals surface area contributed by atoms with Gasteiger partial charge in [0, 0.05) is 25.2 Å². The van der Waals surface area contributed by atoms with Crippen LogP contribution in [-0.2, 0) is 9.59 Å². The largest absolute Gasteiger partial charge is 0.481 e. The summed E-state index contributed by atoms with van der Waals surface area (Å²) in [4.78, 5) is 38.2. The van der Waals surface area contributed by atoms with E-state index in [4.69, 9.17) is 5.11 Å². The SMILES string of the molecule is CC(C)(CCNC(=O)C1(C)CCCN(C(=O)c2ccccc2)C1)C(=O)O. The minimum Gasteiger partial charge on any atom is -0.481 e. The predicted octanol–water partition coefficient (Wildman–Crippen LogP) is 2.55. The van der Waals surface area contributed by atoms with Crippen LogP contribution in [0, 0.1) is 10.8 Å². The number of carbonyl (C=O) groups excluding carboxylic acids is 2. The Morgan fingerprint density at radius 3 is 2.50 bits per heavy atom. The highest BCUT2D eigenvalue weighted by atomic mass is 16.4. The molecule has 0 aliphatic carbocycles. The molecule has 2 N–H and O–H groups in total. The number of hydrogen-bond acceptors (Lipinski definition) is 3. The molecule has 0 spiro atoms. The van der Waals surface area contributed by atoms with E-state index >= 15 is 0 Å². The lowest BCUT2D eigenvalue weighted by molar-refractivity contribution is -0.147. The molecule has 6 nitrogen and oxygen atoms in total. The van der Waals surface area contributed by atoms with E-state index in [1.165, 1.54) is 0 Å². The Balaban J connectivity index is 1.96. The summed E-state index contributed by atoms with van der Waals surface area (Å²) in [7, 11) is 0. The second-order valence-corrected chi connectivity index (χ2v) is 7.95. The van der Waals surface area contributed by atoms with Gasteiger partial charge in [0.05, 0.1) is 10.8 Å². The smallest absolute Gasteiger partial charge is 0.309 e. The molecule has 2 amide bonds. The van der Waals surface area contributed by atoms with Gasteiger partial charge in [-0.15, -0.1) is 0 Å². The zero-order valence-electron chi connectivity index (χ0n) is 15.7. The van der Waals surface area contributed by atoms with E-state index in [2.05, 4.69) is 5.32 Å². The predicted molar refractivity (Wildman–Crippen MR) is 98.7 cm³/mol. The Kier molecular flexibility index (Phi) is 6.05. The molecule has 1 fully saturated rings. The summed E-state index contributed by atoms with van der Waals surface area (Å²) >= 11 is 0. The molecule has 1 unspecified atom stereocenters. The molecule has 0 radical (unpaired) electrons. The zero-order valence-corrected chi connectivity index (χ0v) is 15.7. The Bertz CT molecular complexity index is 672. The molecule has 1 heterocycles. The maximum absolute atomic E-state index is 12.7. The lowest BCUT2D eigenvalue weighted by Crippen LogP contribution is -2.52. The molecule has 0 aromatic heterocycles. The van der Waals surface area contributed by atoms with E-state index < -0.39 is 16.8 Å². The molecule has 142 valence electrons. The summed E-state index contributed by atoms with van der Waals surface area (Å²) in [6.07, 6.45) is 1.83. The molecule has 6 heteroatoms. The van der Waals surface area contributed by atoms with Crippen LogP contribution in [0.1, 0.15) is 50.4 Å². The first-order chi connectivity index (χ1) is 12.2. The number of rotatable bonds is 6. The lowest BCUT2D eigenvalue weighted by Gasteiger charge is -2.39. The molecule has 1 aliphatic rings. The van der Waals surface area contributed by atoms with Gasteiger partial charge in [-0.2, -0.15) is 0 Å². The van der Waals surface area contributed by atoms with Crippen molar-refractivity contribution in [3.05, 3.63) is 35.9 Å². The van der Waals surface area contributed by atoms with E-state index in [1.807, 2.05) is 25.1 Å². The highest BCUT2D eigenvalue weighted by molar-refractivity contribution is 5.95. The van der Waals surface area contributed by atoms with Crippen molar-refractivity contribution in [2.75, 3.05) is 19.6 Å². The normalized spacial score (nSPS) is 20.5. The molecule has 1 aliphatic heterocycles. The van der Waals surface area contributed by atoms with E-state index in [0.29, 0.717) is 38.0 Å². The first-order valence-electron chi connectivity index (χ1n) is 9.02. The third-order valence-corrected chi connectivity index (χ3v) is 5.17. The third-order valence-electron chi connectivity index (χ3n) is 5.17. The Hall–Kier alpha value is -2.37. The van der Waals surface area contributed by atoms with Crippen molar-refractivity contribution >= 4 is 17.8 Å². The molecule has 1 aromatic carbocycles. The van der Waals surface area contributed by atoms with Gasteiger partial charge in [0.2, 0.25) is 5.91 Å². The fourth-order valence-corrected chi connectivity index (χ4v) is 3.17. The average Bonchev–Trinajstić information content (AvgIpc) is 2.61. The number of benzene rings is 1. The van der Waals surface area contributed by atoms with Gasteiger partial charge in [0.15, 0.2) is 0 Å². The number of likely N-dealkylation sites (tertiary alicyclic amines) is 1. The Morgan fingerprint density at radius 1 is 1.23 bits per heavy atom. The standard InChI is InChI=1S/C20H28N2O4/c1-19(2,18(25)26)11-12-21-17(24)20(3)10-7-13-22(14-20)16(23)15-8-5-4-6-9-15/h4-6,8-9H,7,10-14H2,1-3H3,(H,21,24)(H,25,26). The summed E-state index contributed by atoms with van der Waals surface area (Å²) in [5.74, 6) is -1.06. The molecule has 2 rings (SSSR count). The van der Waals surface area contributed by atoms with Gasteiger partial charge in [-0.05, 0) is 52.2 Å². The van der Waals surface area contributed by atoms with Gasteiger partial charge in [0.1, 0.15) is 0 Å². The van der Waals surface area contributed by atoms with Crippen molar-refractivity contribution in [3.8, 4) is 0 Å². The minimum atomic E-state index is -0.879. The summed E-state index contributed by atoms with van der Waals surface area (Å²) in [6.45, 7) is 6.47. The number of amides is 2. The number of carbonyl (C=O) groups is 3. The summed E-state index contributed by atoms with van der Waals surface area (Å²) in [5.41, 5.74) is -0.910. The maximum atomic E-state index is 12.7. The third kappa shape index (κ3) is 4.62. The number of nitrogens with one attached hydrogen (secondary N) is 1.